The van der Waals surface area contributed by atoms with Crippen LogP contribution in [-0.4, -0.2) is 34.5 Å². The van der Waals surface area contributed by atoms with Crippen LogP contribution in [0.1, 0.15) is 0 Å². The Kier molecular flexibility index (Phi) is 13.7. The molecular weight excluding hydrogens is 290 g/mol. The first-order valence-electron chi connectivity index (χ1n) is 1.72. The zero-order valence-electron chi connectivity index (χ0n) is 4.29. The molecule has 0 unspecified atom stereocenters. The third kappa shape index (κ3) is 6980. The Balaban J connectivity index is 0. The van der Waals surface area contributed by atoms with Gasteiger partial charge in [-0.15, -0.1) is 10.1 Å². The quantitative estimate of drug-likeness (QED) is 0.401. The van der Waals surface area contributed by atoms with Crippen molar-refractivity contribution in [2.75, 3.05) is 0 Å². The van der Waals surface area contributed by atoms with E-state index in [1.165, 1.54) is 0 Å². The molecule has 0 aliphatic carbocycles. The molecule has 1 N–H and O–H groups in total. The van der Waals surface area contributed by atoms with E-state index in [9.17, 15) is 0 Å². The minimum atomic E-state index is -1.50. The Morgan fingerprint density at radius 3 is 1.71 bits per heavy atom. The Hall–Kier alpha value is 0.122. The average Bonchev–Trinajstić information content (AvgIpc) is 1.33. The number of rotatable bonds is 0. The second kappa shape index (κ2) is 9.45. The summed E-state index contributed by atoms with van der Waals surface area (Å²) in [4.78, 5) is 8.36. The van der Waals surface area contributed by atoms with Crippen molar-refractivity contribution in [3.63, 3.8) is 0 Å². The monoisotopic (exact) mass is 298 g/mol. The van der Waals surface area contributed by atoms with Gasteiger partial charge in [0.25, 0.3) is 5.09 Å². The summed E-state index contributed by atoms with van der Waals surface area (Å²) in [6, 6.07) is 0. The molecule has 0 spiro atoms. The van der Waals surface area contributed by atoms with Gasteiger partial charge in [-0.3, -0.25) is 0 Å². The van der Waals surface area contributed by atoms with Crippen LogP contribution in [0.15, 0.2) is 0 Å². The fourth-order valence-electron chi connectivity index (χ4n) is 0. The molecule has 7 heavy (non-hydrogen) atoms. The maximum atomic E-state index is 8.36. The molecule has 41 valence electrons. The normalized spacial score (nSPS) is 4.86. The molecule has 0 amide bonds. The first-order chi connectivity index (χ1) is 3.15. The maximum absolute atomic E-state index is 8.36. The number of hydrogen-bond donors (Lipinski definition) is 1. The Bertz CT molecular complexity index is 44.2. The summed E-state index contributed by atoms with van der Waals surface area (Å²) in [6.07, 6.45) is 0. The van der Waals surface area contributed by atoms with E-state index < -0.39 is 5.09 Å². The molecule has 0 rings (SSSR count). The molecule has 0 heterocycles. The molecule has 4 nitrogen and oxygen atoms in total. The van der Waals surface area contributed by atoms with Gasteiger partial charge in [-0.1, -0.05) is 0 Å². The second-order valence-corrected chi connectivity index (χ2v) is 5.30. The average molecular weight is 297 g/mol. The van der Waals surface area contributed by atoms with Gasteiger partial charge in [0.2, 0.25) is 0 Å². The van der Waals surface area contributed by atoms with E-state index in [1.807, 2.05) is 0 Å². The van der Waals surface area contributed by atoms with Crippen molar-refractivity contribution >= 4 is 24.2 Å². The summed E-state index contributed by atoms with van der Waals surface area (Å²) >= 11 is -0.000000000000000111. The first-order valence-corrected chi connectivity index (χ1v) is 10.7. The molecule has 0 aliphatic rings. The van der Waals surface area contributed by atoms with Crippen LogP contribution in [0.4, 0.5) is 0 Å². The van der Waals surface area contributed by atoms with E-state index in [0.29, 0.717) is 0 Å². The van der Waals surface area contributed by atoms with Gasteiger partial charge in [-0.2, -0.15) is 0 Å². The molecule has 0 fully saturated rings. The number of hydrogen-bond acceptors (Lipinski definition) is 2. The fourth-order valence-corrected chi connectivity index (χ4v) is 0. The first kappa shape index (κ1) is 10.2. The van der Waals surface area contributed by atoms with Gasteiger partial charge in [0, 0.05) is 0 Å². The van der Waals surface area contributed by atoms with Crippen molar-refractivity contribution in [3.05, 3.63) is 10.1 Å². The predicted octanol–water partition coefficient (Wildman–Crippen LogP) is 0.439. The Labute approximate surface area is 53.8 Å². The zero-order chi connectivity index (χ0) is 6.28. The van der Waals surface area contributed by atoms with Crippen molar-refractivity contribution in [1.82, 2.24) is 0 Å². The van der Waals surface area contributed by atoms with Crippen LogP contribution in [0, 0.1) is 10.1 Å². The third-order valence-electron chi connectivity index (χ3n) is 0. The van der Waals surface area contributed by atoms with Crippen LogP contribution >= 0.6 is 0 Å². The summed E-state index contributed by atoms with van der Waals surface area (Å²) < 4.78 is 4.67. The summed E-state index contributed by atoms with van der Waals surface area (Å²) in [5.74, 6) is 0. The standard InChI is InChI=1S/2CH3.HNO3.Tl/c;;2-1(3)4;/h2*1H3;(H,2,3,4);. The SMILES string of the molecule is O=[N+]([O-])O.[CH3][Tl][CH3]. The van der Waals surface area contributed by atoms with Crippen LogP contribution < -0.4 is 0 Å². The second-order valence-electron chi connectivity index (χ2n) is 0.815. The van der Waals surface area contributed by atoms with Gasteiger partial charge in [-0.05, 0) is 0 Å². The topological polar surface area (TPSA) is 63.4 Å². The molecule has 0 saturated carbocycles. The molecule has 0 radical (unpaired) electrons. The van der Waals surface area contributed by atoms with Crippen molar-refractivity contribution in [2.45, 2.75) is 8.97 Å². The van der Waals surface area contributed by atoms with Gasteiger partial charge < -0.3 is 5.21 Å². The summed E-state index contributed by atoms with van der Waals surface area (Å²) in [6.45, 7) is 0. The van der Waals surface area contributed by atoms with Crippen molar-refractivity contribution in [2.24, 2.45) is 0 Å². The van der Waals surface area contributed by atoms with E-state index in [4.69, 9.17) is 15.3 Å². The summed E-state index contributed by atoms with van der Waals surface area (Å²) in [5.41, 5.74) is 0. The van der Waals surface area contributed by atoms with Gasteiger partial charge in [-0.25, -0.2) is 0 Å². The molecule has 0 saturated heterocycles. The van der Waals surface area contributed by atoms with E-state index in [0.717, 1.165) is 0 Å². The molecule has 0 aliphatic heterocycles. The van der Waals surface area contributed by atoms with Crippen molar-refractivity contribution in [3.8, 4) is 0 Å². The van der Waals surface area contributed by atoms with Crippen LogP contribution in [0.2, 0.25) is 8.97 Å². The minimum absolute atomic E-state index is 0.000000000000000111. The zero-order valence-corrected chi connectivity index (χ0v) is 8.78. The molecule has 0 atom stereocenters. The Morgan fingerprint density at radius 1 is 1.71 bits per heavy atom. The Morgan fingerprint density at radius 2 is 1.71 bits per heavy atom. The van der Waals surface area contributed by atoms with E-state index in [2.05, 4.69) is 8.97 Å². The molecule has 0 bridgehead atoms. The molecule has 0 aromatic heterocycles. The van der Waals surface area contributed by atoms with Gasteiger partial charge in [0.15, 0.2) is 0 Å². The van der Waals surface area contributed by atoms with Gasteiger partial charge in [0.1, 0.15) is 0 Å². The fraction of sp³-hybridized carbons (Fsp3) is 1.00. The number of nitrogens with zero attached hydrogens (tertiary/aromatic N) is 1. The molecule has 0 aromatic rings. The van der Waals surface area contributed by atoms with Gasteiger partial charge >= 0.3 is 33.2 Å². The van der Waals surface area contributed by atoms with Gasteiger partial charge in [0.05, 0.1) is 0 Å². The van der Waals surface area contributed by atoms with Crippen LogP contribution in [0.25, 0.3) is 0 Å². The van der Waals surface area contributed by atoms with Crippen LogP contribution in [-0.2, 0) is 0 Å². The summed E-state index contributed by atoms with van der Waals surface area (Å²) in [7, 11) is 0. The molecule has 0 aromatic carbocycles. The van der Waals surface area contributed by atoms with Crippen molar-refractivity contribution < 1.29 is 10.3 Å². The van der Waals surface area contributed by atoms with Crippen molar-refractivity contribution in [1.29, 1.82) is 0 Å². The van der Waals surface area contributed by atoms with E-state index >= 15 is 0 Å². The van der Waals surface area contributed by atoms with E-state index in [-0.39, 0.29) is 24.2 Å². The van der Waals surface area contributed by atoms with Crippen LogP contribution in [0.5, 0.6) is 0 Å². The molecule has 5 heteroatoms. The predicted molar refractivity (Wildman–Crippen MR) is 26.3 cm³/mol. The molecular formula is C2H7NO3Tl. The van der Waals surface area contributed by atoms with E-state index in [1.54, 1.807) is 0 Å². The summed E-state index contributed by atoms with van der Waals surface area (Å²) in [5, 5.41) is 13.6. The van der Waals surface area contributed by atoms with Crippen LogP contribution in [0.3, 0.4) is 0 Å². The third-order valence-corrected chi connectivity index (χ3v) is 0.